The van der Waals surface area contributed by atoms with Gasteiger partial charge in [0.25, 0.3) is 0 Å². The van der Waals surface area contributed by atoms with Crippen molar-refractivity contribution in [2.24, 2.45) is 0 Å². The van der Waals surface area contributed by atoms with E-state index in [0.717, 1.165) is 24.6 Å². The zero-order valence-electron chi connectivity index (χ0n) is 10.3. The van der Waals surface area contributed by atoms with E-state index in [4.69, 9.17) is 5.73 Å². The van der Waals surface area contributed by atoms with Crippen molar-refractivity contribution in [3.05, 3.63) is 18.3 Å². The van der Waals surface area contributed by atoms with Crippen LogP contribution in [0.2, 0.25) is 0 Å². The number of nitrogens with two attached hydrogens (primary N) is 1. The second kappa shape index (κ2) is 4.47. The van der Waals surface area contributed by atoms with Crippen molar-refractivity contribution < 1.29 is 0 Å². The van der Waals surface area contributed by atoms with Crippen LogP contribution in [0.3, 0.4) is 0 Å². The van der Waals surface area contributed by atoms with Crippen LogP contribution in [0.1, 0.15) is 6.42 Å². The van der Waals surface area contributed by atoms with Crippen LogP contribution in [-0.2, 0) is 0 Å². The molecular weight excluding hydrogens is 264 g/mol. The molecule has 2 saturated heterocycles. The molecule has 2 aliphatic rings. The quantitative estimate of drug-likeness (QED) is 0.794. The molecule has 0 radical (unpaired) electrons. The number of nitrogen functional groups attached to an aromatic ring is 1. The van der Waals surface area contributed by atoms with Gasteiger partial charge in [0, 0.05) is 31.4 Å². The number of aromatic nitrogens is 3. The Labute approximate surface area is 116 Å². The average Bonchev–Trinajstić information content (AvgIpc) is 3.01. The summed E-state index contributed by atoms with van der Waals surface area (Å²) < 4.78 is 0. The number of nitrogens with one attached hydrogen (secondary N) is 1. The molecule has 4 rings (SSSR count). The van der Waals surface area contributed by atoms with Gasteiger partial charge in [-0.2, -0.15) is 4.98 Å². The third kappa shape index (κ3) is 1.87. The Bertz CT molecular complexity index is 618. The molecule has 6 nitrogen and oxygen atoms in total. The number of halogens is 1. The van der Waals surface area contributed by atoms with E-state index < -0.39 is 0 Å². The Morgan fingerprint density at radius 3 is 3.00 bits per heavy atom. The van der Waals surface area contributed by atoms with Crippen molar-refractivity contribution in [3.8, 4) is 0 Å². The fourth-order valence-electron chi connectivity index (χ4n) is 2.91. The maximum absolute atomic E-state index is 5.97. The molecule has 100 valence electrons. The fourth-order valence-corrected chi connectivity index (χ4v) is 2.91. The van der Waals surface area contributed by atoms with Crippen molar-refractivity contribution in [2.45, 2.75) is 18.5 Å². The largest absolute Gasteiger partial charge is 0.382 e. The maximum atomic E-state index is 5.97. The Balaban J connectivity index is 0.00000110. The van der Waals surface area contributed by atoms with Crippen LogP contribution >= 0.6 is 12.4 Å². The fraction of sp³-hybridized carbons (Fsp3) is 0.417. The van der Waals surface area contributed by atoms with E-state index in [-0.39, 0.29) is 12.4 Å². The number of hydrogen-bond donors (Lipinski definition) is 2. The molecule has 0 aromatic carbocycles. The summed E-state index contributed by atoms with van der Waals surface area (Å²) in [4.78, 5) is 15.5. The summed E-state index contributed by atoms with van der Waals surface area (Å²) in [5, 5.41) is 3.47. The van der Waals surface area contributed by atoms with Gasteiger partial charge in [-0.15, -0.1) is 12.4 Å². The lowest BCUT2D eigenvalue weighted by molar-refractivity contribution is 0.572. The molecule has 2 atom stereocenters. The highest BCUT2D eigenvalue weighted by atomic mass is 35.5. The van der Waals surface area contributed by atoms with E-state index in [0.29, 0.717) is 23.4 Å². The van der Waals surface area contributed by atoms with Crippen LogP contribution in [0.4, 0.5) is 11.8 Å². The molecule has 2 fully saturated rings. The number of rotatable bonds is 1. The maximum Gasteiger partial charge on any atom is 0.228 e. The van der Waals surface area contributed by atoms with E-state index >= 15 is 0 Å². The molecule has 2 bridgehead atoms. The van der Waals surface area contributed by atoms with Gasteiger partial charge in [-0.25, -0.2) is 4.98 Å². The lowest BCUT2D eigenvalue weighted by atomic mass is 10.2. The first-order valence-electron chi connectivity index (χ1n) is 6.19. The highest BCUT2D eigenvalue weighted by Crippen LogP contribution is 2.28. The topological polar surface area (TPSA) is 80.0 Å². The Morgan fingerprint density at radius 1 is 1.37 bits per heavy atom. The zero-order chi connectivity index (χ0) is 12.1. The van der Waals surface area contributed by atoms with Gasteiger partial charge in [-0.05, 0) is 18.6 Å². The minimum absolute atomic E-state index is 0. The summed E-state index contributed by atoms with van der Waals surface area (Å²) in [6, 6.07) is 4.88. The lowest BCUT2D eigenvalue weighted by Crippen LogP contribution is -2.44. The molecule has 0 saturated carbocycles. The average molecular weight is 279 g/mol. The standard InChI is InChI=1S/C12H14N6.ClH/c13-11-10-9(2-1-3-14-10)16-12(17-11)18-6-7-4-8(18)5-15-7;/h1-3,7-8,15H,4-6H2,(H2,13,16,17);1H. The Kier molecular flexibility index (Phi) is 2.91. The van der Waals surface area contributed by atoms with Crippen LogP contribution in [0.5, 0.6) is 0 Å². The van der Waals surface area contributed by atoms with Crippen LogP contribution in [-0.4, -0.2) is 40.1 Å². The van der Waals surface area contributed by atoms with Crippen molar-refractivity contribution in [3.63, 3.8) is 0 Å². The number of piperazine rings is 1. The monoisotopic (exact) mass is 278 g/mol. The van der Waals surface area contributed by atoms with Gasteiger partial charge in [0.2, 0.25) is 5.95 Å². The molecule has 2 aromatic heterocycles. The van der Waals surface area contributed by atoms with E-state index in [2.05, 4.69) is 25.2 Å². The number of fused-ring (bicyclic) bond motifs is 3. The Morgan fingerprint density at radius 2 is 2.26 bits per heavy atom. The van der Waals surface area contributed by atoms with Crippen LogP contribution in [0.15, 0.2) is 18.3 Å². The van der Waals surface area contributed by atoms with Crippen molar-refractivity contribution in [1.82, 2.24) is 20.3 Å². The van der Waals surface area contributed by atoms with Crippen LogP contribution in [0.25, 0.3) is 11.0 Å². The predicted molar refractivity (Wildman–Crippen MR) is 76.5 cm³/mol. The minimum Gasteiger partial charge on any atom is -0.382 e. The number of pyridine rings is 1. The summed E-state index contributed by atoms with van der Waals surface area (Å²) in [6.07, 6.45) is 2.89. The lowest BCUT2D eigenvalue weighted by Gasteiger charge is -2.27. The molecule has 3 N–H and O–H groups in total. The SMILES string of the molecule is Cl.Nc1nc(N2CC3CC2CN3)nc2cccnc12. The van der Waals surface area contributed by atoms with Crippen LogP contribution in [0, 0.1) is 0 Å². The summed E-state index contributed by atoms with van der Waals surface area (Å²) >= 11 is 0. The molecule has 0 amide bonds. The molecule has 0 aliphatic carbocycles. The molecule has 2 aromatic rings. The van der Waals surface area contributed by atoms with Crippen LogP contribution < -0.4 is 16.0 Å². The molecule has 2 aliphatic heterocycles. The smallest absolute Gasteiger partial charge is 0.228 e. The predicted octanol–water partition coefficient (Wildman–Crippen LogP) is 0.579. The molecule has 7 heteroatoms. The number of nitrogens with zero attached hydrogens (tertiary/aromatic N) is 4. The van der Waals surface area contributed by atoms with E-state index in [1.54, 1.807) is 6.20 Å². The minimum atomic E-state index is 0. The Hall–Kier alpha value is -1.66. The highest BCUT2D eigenvalue weighted by Gasteiger charge is 2.39. The molecule has 2 unspecified atom stereocenters. The second-order valence-electron chi connectivity index (χ2n) is 4.93. The molecule has 4 heterocycles. The first-order chi connectivity index (χ1) is 8.81. The van der Waals surface area contributed by atoms with E-state index in [9.17, 15) is 0 Å². The van der Waals surface area contributed by atoms with Crippen molar-refractivity contribution >= 4 is 35.2 Å². The van der Waals surface area contributed by atoms with Gasteiger partial charge < -0.3 is 16.0 Å². The van der Waals surface area contributed by atoms with Gasteiger partial charge in [0.1, 0.15) is 5.52 Å². The normalized spacial score (nSPS) is 24.7. The second-order valence-corrected chi connectivity index (χ2v) is 4.93. The van der Waals surface area contributed by atoms with Gasteiger partial charge in [-0.1, -0.05) is 0 Å². The van der Waals surface area contributed by atoms with E-state index in [1.807, 2.05) is 12.1 Å². The molecule has 0 spiro atoms. The first-order valence-corrected chi connectivity index (χ1v) is 6.19. The number of hydrogen-bond acceptors (Lipinski definition) is 6. The first kappa shape index (κ1) is 12.4. The zero-order valence-corrected chi connectivity index (χ0v) is 11.1. The van der Waals surface area contributed by atoms with Gasteiger partial charge >= 0.3 is 0 Å². The highest BCUT2D eigenvalue weighted by molar-refractivity contribution is 5.85. The number of anilines is 2. The molecule has 19 heavy (non-hydrogen) atoms. The van der Waals surface area contributed by atoms with Crippen molar-refractivity contribution in [2.75, 3.05) is 23.7 Å². The molecular formula is C12H15ClN6. The third-order valence-electron chi connectivity index (χ3n) is 3.78. The van der Waals surface area contributed by atoms with Crippen molar-refractivity contribution in [1.29, 1.82) is 0 Å². The van der Waals surface area contributed by atoms with E-state index in [1.165, 1.54) is 6.42 Å². The third-order valence-corrected chi connectivity index (χ3v) is 3.78. The summed E-state index contributed by atoms with van der Waals surface area (Å²) in [5.74, 6) is 1.20. The summed E-state index contributed by atoms with van der Waals surface area (Å²) in [7, 11) is 0. The van der Waals surface area contributed by atoms with Gasteiger partial charge in [0.15, 0.2) is 5.82 Å². The van der Waals surface area contributed by atoms with Gasteiger partial charge in [-0.3, -0.25) is 4.98 Å². The van der Waals surface area contributed by atoms with Gasteiger partial charge in [0.05, 0.1) is 5.52 Å². The summed E-state index contributed by atoms with van der Waals surface area (Å²) in [6.45, 7) is 1.98. The summed E-state index contributed by atoms with van der Waals surface area (Å²) in [5.41, 5.74) is 7.47.